The standard InChI is InChI=1S/C10H13FNO5P/c11-10(8(13)5-6-12)7-3-1-2-4-9(7)17-18(14,15)16/h1-4,10H,5-6,12H2,(H2,14,15,16). The normalized spacial score (nSPS) is 13.1. The van der Waals surface area contributed by atoms with Crippen LogP contribution in [0.4, 0.5) is 4.39 Å². The van der Waals surface area contributed by atoms with Crippen LogP contribution in [0, 0.1) is 0 Å². The molecule has 0 aliphatic carbocycles. The number of nitrogens with two attached hydrogens (primary N) is 1. The van der Waals surface area contributed by atoms with Crippen molar-refractivity contribution in [3.05, 3.63) is 29.8 Å². The van der Waals surface area contributed by atoms with E-state index in [1.807, 2.05) is 0 Å². The van der Waals surface area contributed by atoms with Gasteiger partial charge in [-0.1, -0.05) is 18.2 Å². The van der Waals surface area contributed by atoms with Crippen molar-refractivity contribution in [1.29, 1.82) is 0 Å². The molecule has 0 amide bonds. The van der Waals surface area contributed by atoms with Crippen molar-refractivity contribution in [3.8, 4) is 5.75 Å². The molecule has 0 fully saturated rings. The second-order valence-corrected chi connectivity index (χ2v) is 4.65. The Balaban J connectivity index is 3.01. The molecule has 1 aromatic rings. The minimum Gasteiger partial charge on any atom is -0.404 e. The average molecular weight is 277 g/mol. The van der Waals surface area contributed by atoms with Crippen LogP contribution in [0.2, 0.25) is 0 Å². The number of phosphoric ester groups is 1. The Labute approximate surface area is 103 Å². The number of para-hydroxylation sites is 1. The van der Waals surface area contributed by atoms with Crippen LogP contribution in [0.15, 0.2) is 24.3 Å². The Kier molecular flexibility index (Phi) is 4.98. The number of rotatable bonds is 6. The zero-order chi connectivity index (χ0) is 13.8. The fraction of sp³-hybridized carbons (Fsp3) is 0.300. The summed E-state index contributed by atoms with van der Waals surface area (Å²) in [5.41, 5.74) is 4.92. The van der Waals surface area contributed by atoms with Crippen molar-refractivity contribution in [2.45, 2.75) is 12.6 Å². The summed E-state index contributed by atoms with van der Waals surface area (Å²) in [6, 6.07) is 5.25. The number of hydrogen-bond donors (Lipinski definition) is 3. The molecule has 0 aliphatic heterocycles. The van der Waals surface area contributed by atoms with Gasteiger partial charge in [-0.3, -0.25) is 14.6 Å². The van der Waals surface area contributed by atoms with Crippen LogP contribution in [0.3, 0.4) is 0 Å². The molecule has 4 N–H and O–H groups in total. The third-order valence-electron chi connectivity index (χ3n) is 2.08. The SMILES string of the molecule is NCCC(=O)C(F)c1ccccc1OP(=O)(O)O. The van der Waals surface area contributed by atoms with Gasteiger partial charge in [-0.2, -0.15) is 0 Å². The lowest BCUT2D eigenvalue weighted by molar-refractivity contribution is -0.123. The lowest BCUT2D eigenvalue weighted by Gasteiger charge is -2.13. The predicted octanol–water partition coefficient (Wildman–Crippen LogP) is 1.09. The number of Topliss-reactive ketones (excluding diaryl/α,β-unsaturated/α-hetero) is 1. The third kappa shape index (κ3) is 4.19. The van der Waals surface area contributed by atoms with Gasteiger partial charge in [0.25, 0.3) is 0 Å². The molecular formula is C10H13FNO5P. The van der Waals surface area contributed by atoms with Gasteiger partial charge in [-0.15, -0.1) is 0 Å². The van der Waals surface area contributed by atoms with E-state index in [-0.39, 0.29) is 24.3 Å². The van der Waals surface area contributed by atoms with Crippen LogP contribution in [0.1, 0.15) is 18.2 Å². The van der Waals surface area contributed by atoms with Crippen molar-refractivity contribution in [1.82, 2.24) is 0 Å². The van der Waals surface area contributed by atoms with Gasteiger partial charge in [0.05, 0.1) is 0 Å². The largest absolute Gasteiger partial charge is 0.524 e. The molecule has 100 valence electrons. The summed E-state index contributed by atoms with van der Waals surface area (Å²) in [4.78, 5) is 28.7. The molecule has 18 heavy (non-hydrogen) atoms. The van der Waals surface area contributed by atoms with Crippen LogP contribution < -0.4 is 10.3 Å². The van der Waals surface area contributed by atoms with Crippen molar-refractivity contribution >= 4 is 13.6 Å². The average Bonchev–Trinajstić information content (AvgIpc) is 2.27. The lowest BCUT2D eigenvalue weighted by Crippen LogP contribution is -2.14. The Morgan fingerprint density at radius 2 is 2.06 bits per heavy atom. The predicted molar refractivity (Wildman–Crippen MR) is 61.6 cm³/mol. The van der Waals surface area contributed by atoms with E-state index >= 15 is 0 Å². The highest BCUT2D eigenvalue weighted by Gasteiger charge is 2.25. The van der Waals surface area contributed by atoms with E-state index in [1.54, 1.807) is 0 Å². The summed E-state index contributed by atoms with van der Waals surface area (Å²) in [5.74, 6) is -1.12. The molecule has 0 aliphatic rings. The van der Waals surface area contributed by atoms with E-state index in [9.17, 15) is 13.8 Å². The molecule has 1 unspecified atom stereocenters. The molecule has 0 saturated carbocycles. The number of carbonyl (C=O) groups is 1. The molecule has 0 bridgehead atoms. The van der Waals surface area contributed by atoms with Crippen molar-refractivity contribution < 1.29 is 28.1 Å². The fourth-order valence-corrected chi connectivity index (χ4v) is 1.77. The van der Waals surface area contributed by atoms with Gasteiger partial charge in [-0.25, -0.2) is 8.96 Å². The minimum absolute atomic E-state index is 0.000764. The van der Waals surface area contributed by atoms with Gasteiger partial charge < -0.3 is 10.3 Å². The number of halogens is 1. The van der Waals surface area contributed by atoms with Crippen LogP contribution in [-0.4, -0.2) is 22.1 Å². The van der Waals surface area contributed by atoms with Crippen molar-refractivity contribution in [3.63, 3.8) is 0 Å². The van der Waals surface area contributed by atoms with Crippen LogP contribution in [0.25, 0.3) is 0 Å². The van der Waals surface area contributed by atoms with Crippen LogP contribution in [0.5, 0.6) is 5.75 Å². The van der Waals surface area contributed by atoms with E-state index in [0.29, 0.717) is 0 Å². The lowest BCUT2D eigenvalue weighted by atomic mass is 10.0. The summed E-state index contributed by atoms with van der Waals surface area (Å²) in [7, 11) is -4.80. The summed E-state index contributed by atoms with van der Waals surface area (Å²) in [6.45, 7) is 0.000764. The molecule has 1 rings (SSSR count). The number of phosphoric acid groups is 1. The molecule has 0 aromatic heterocycles. The zero-order valence-electron chi connectivity index (χ0n) is 9.32. The van der Waals surface area contributed by atoms with E-state index in [2.05, 4.69) is 4.52 Å². The first-order valence-electron chi connectivity index (χ1n) is 5.06. The number of alkyl halides is 1. The molecule has 0 saturated heterocycles. The van der Waals surface area contributed by atoms with Crippen molar-refractivity contribution in [2.75, 3.05) is 6.54 Å². The number of benzene rings is 1. The summed E-state index contributed by atoms with van der Waals surface area (Å²) < 4.78 is 28.9. The molecule has 1 aromatic carbocycles. The first kappa shape index (κ1) is 14.8. The molecule has 0 radical (unpaired) electrons. The Hall–Kier alpha value is -1.27. The molecule has 8 heteroatoms. The molecule has 1 atom stereocenters. The van der Waals surface area contributed by atoms with Gasteiger partial charge in [0, 0.05) is 12.0 Å². The van der Waals surface area contributed by atoms with E-state index in [4.69, 9.17) is 15.5 Å². The topological polar surface area (TPSA) is 110 Å². The third-order valence-corrected chi connectivity index (χ3v) is 2.52. The summed E-state index contributed by atoms with van der Waals surface area (Å²) >= 11 is 0. The van der Waals surface area contributed by atoms with E-state index in [1.165, 1.54) is 24.3 Å². The van der Waals surface area contributed by atoms with Gasteiger partial charge in [0.15, 0.2) is 12.0 Å². The first-order chi connectivity index (χ1) is 8.35. The molecular weight excluding hydrogens is 264 g/mol. The fourth-order valence-electron chi connectivity index (χ4n) is 1.34. The minimum atomic E-state index is -4.80. The Morgan fingerprint density at radius 3 is 2.61 bits per heavy atom. The maximum absolute atomic E-state index is 13.8. The molecule has 0 heterocycles. The first-order valence-corrected chi connectivity index (χ1v) is 6.59. The quantitative estimate of drug-likeness (QED) is 0.671. The van der Waals surface area contributed by atoms with E-state index in [0.717, 1.165) is 0 Å². The molecule has 0 spiro atoms. The number of hydrogen-bond acceptors (Lipinski definition) is 4. The number of ketones is 1. The highest BCUT2D eigenvalue weighted by atomic mass is 31.2. The van der Waals surface area contributed by atoms with Gasteiger partial charge in [0.2, 0.25) is 0 Å². The molecule has 6 nitrogen and oxygen atoms in total. The smallest absolute Gasteiger partial charge is 0.404 e. The summed E-state index contributed by atoms with van der Waals surface area (Å²) in [6.07, 6.45) is -2.18. The second kappa shape index (κ2) is 6.06. The van der Waals surface area contributed by atoms with Gasteiger partial charge in [-0.05, 0) is 12.6 Å². The Morgan fingerprint density at radius 1 is 1.44 bits per heavy atom. The van der Waals surface area contributed by atoms with Crippen LogP contribution in [-0.2, 0) is 9.36 Å². The monoisotopic (exact) mass is 277 g/mol. The van der Waals surface area contributed by atoms with E-state index < -0.39 is 19.8 Å². The maximum Gasteiger partial charge on any atom is 0.524 e. The maximum atomic E-state index is 13.8. The Bertz CT molecular complexity index is 475. The summed E-state index contributed by atoms with van der Waals surface area (Å²) in [5, 5.41) is 0. The number of carbonyl (C=O) groups excluding carboxylic acids is 1. The zero-order valence-corrected chi connectivity index (χ0v) is 10.2. The second-order valence-electron chi connectivity index (χ2n) is 3.49. The van der Waals surface area contributed by atoms with Crippen molar-refractivity contribution in [2.24, 2.45) is 5.73 Å². The van der Waals surface area contributed by atoms with Gasteiger partial charge in [0.1, 0.15) is 5.75 Å². The highest BCUT2D eigenvalue weighted by Crippen LogP contribution is 2.41. The van der Waals surface area contributed by atoms with Crippen LogP contribution >= 0.6 is 7.82 Å². The highest BCUT2D eigenvalue weighted by molar-refractivity contribution is 7.46. The van der Waals surface area contributed by atoms with Gasteiger partial charge >= 0.3 is 7.82 Å².